The van der Waals surface area contributed by atoms with Crippen LogP contribution >= 0.6 is 11.6 Å². The third-order valence-electron chi connectivity index (χ3n) is 2.52. The van der Waals surface area contributed by atoms with Crippen LogP contribution in [0.3, 0.4) is 0 Å². The number of pyridine rings is 1. The van der Waals surface area contributed by atoms with Gasteiger partial charge in [-0.25, -0.2) is 4.98 Å². The van der Waals surface area contributed by atoms with Crippen LogP contribution in [0.4, 0.5) is 0 Å². The molecule has 2 heterocycles. The smallest absolute Gasteiger partial charge is 0.252 e. The monoisotopic (exact) mass is 264 g/mol. The van der Waals surface area contributed by atoms with Crippen LogP contribution in [0.5, 0.6) is 0 Å². The van der Waals surface area contributed by atoms with Gasteiger partial charge in [-0.3, -0.25) is 4.79 Å². The Morgan fingerprint density at radius 3 is 2.83 bits per heavy atom. The van der Waals surface area contributed by atoms with Gasteiger partial charge in [-0.1, -0.05) is 11.6 Å². The number of nitrogens with one attached hydrogen (secondary N) is 1. The fraction of sp³-hybridized carbons (Fsp3) is 0.231. The van der Waals surface area contributed by atoms with Crippen molar-refractivity contribution >= 4 is 17.5 Å². The van der Waals surface area contributed by atoms with Crippen molar-refractivity contribution in [2.75, 3.05) is 0 Å². The van der Waals surface area contributed by atoms with E-state index in [0.29, 0.717) is 10.7 Å². The second kappa shape index (κ2) is 5.23. The number of aromatic nitrogens is 1. The van der Waals surface area contributed by atoms with E-state index in [1.165, 1.54) is 12.3 Å². The third-order valence-corrected chi connectivity index (χ3v) is 2.73. The number of amides is 1. The first-order valence-corrected chi connectivity index (χ1v) is 5.93. The second-order valence-corrected chi connectivity index (χ2v) is 4.40. The number of nitrogens with zero attached hydrogens (tertiary/aromatic N) is 1. The molecule has 0 aliphatic heterocycles. The number of aryl methyl sites for hydroxylation is 1. The van der Waals surface area contributed by atoms with Crippen molar-refractivity contribution in [3.05, 3.63) is 52.7 Å². The molecule has 2 aromatic rings. The minimum absolute atomic E-state index is 0.196. The first kappa shape index (κ1) is 12.6. The molecule has 2 rings (SSSR count). The van der Waals surface area contributed by atoms with E-state index in [2.05, 4.69) is 10.3 Å². The van der Waals surface area contributed by atoms with Gasteiger partial charge in [0.05, 0.1) is 6.04 Å². The first-order valence-electron chi connectivity index (χ1n) is 5.55. The number of furan rings is 1. The number of hydrogen-bond acceptors (Lipinski definition) is 3. The molecule has 0 aliphatic rings. The summed E-state index contributed by atoms with van der Waals surface area (Å²) in [5, 5.41) is 3.13. The number of hydrogen-bond donors (Lipinski definition) is 1. The van der Waals surface area contributed by atoms with E-state index in [-0.39, 0.29) is 11.9 Å². The highest BCUT2D eigenvalue weighted by Crippen LogP contribution is 2.16. The van der Waals surface area contributed by atoms with Crippen molar-refractivity contribution in [2.45, 2.75) is 19.9 Å². The van der Waals surface area contributed by atoms with E-state index in [0.717, 1.165) is 11.5 Å². The van der Waals surface area contributed by atoms with Crippen LogP contribution in [0.1, 0.15) is 34.8 Å². The standard InChI is InChI=1S/C13H13ClN2O2/c1-8-3-4-11(18-8)9(2)16-13(17)10-5-6-15-12(14)7-10/h3-7,9H,1-2H3,(H,16,17). The predicted molar refractivity (Wildman–Crippen MR) is 68.6 cm³/mol. The summed E-state index contributed by atoms with van der Waals surface area (Å²) in [6, 6.07) is 6.65. The maximum atomic E-state index is 11.9. The molecule has 5 heteroatoms. The molecule has 0 spiro atoms. The summed E-state index contributed by atoms with van der Waals surface area (Å²) in [5.41, 5.74) is 0.477. The van der Waals surface area contributed by atoms with E-state index in [1.807, 2.05) is 26.0 Å². The van der Waals surface area contributed by atoms with E-state index in [1.54, 1.807) is 6.07 Å². The second-order valence-electron chi connectivity index (χ2n) is 4.01. The predicted octanol–water partition coefficient (Wildman–Crippen LogP) is 3.13. The van der Waals surface area contributed by atoms with Gasteiger partial charge in [0, 0.05) is 11.8 Å². The zero-order chi connectivity index (χ0) is 13.1. The van der Waals surface area contributed by atoms with Gasteiger partial charge in [0.1, 0.15) is 16.7 Å². The van der Waals surface area contributed by atoms with Crippen LogP contribution in [0.25, 0.3) is 0 Å². The van der Waals surface area contributed by atoms with Crippen LogP contribution in [0.15, 0.2) is 34.9 Å². The van der Waals surface area contributed by atoms with E-state index in [9.17, 15) is 4.79 Å². The zero-order valence-corrected chi connectivity index (χ0v) is 10.9. The molecule has 0 radical (unpaired) electrons. The van der Waals surface area contributed by atoms with Gasteiger partial charge >= 0.3 is 0 Å². The van der Waals surface area contributed by atoms with Crippen molar-refractivity contribution in [1.82, 2.24) is 10.3 Å². The molecule has 1 N–H and O–H groups in total. The molecule has 0 bridgehead atoms. The Morgan fingerprint density at radius 2 is 2.22 bits per heavy atom. The van der Waals surface area contributed by atoms with Gasteiger partial charge in [-0.2, -0.15) is 0 Å². The summed E-state index contributed by atoms with van der Waals surface area (Å²) in [7, 11) is 0. The average Bonchev–Trinajstić information content (AvgIpc) is 2.76. The van der Waals surface area contributed by atoms with E-state index < -0.39 is 0 Å². The molecular weight excluding hydrogens is 252 g/mol. The summed E-state index contributed by atoms with van der Waals surface area (Å²) >= 11 is 5.74. The highest BCUT2D eigenvalue weighted by atomic mass is 35.5. The Labute approximate surface area is 110 Å². The first-order chi connectivity index (χ1) is 8.56. The summed E-state index contributed by atoms with van der Waals surface area (Å²) in [4.78, 5) is 15.8. The Hall–Kier alpha value is -1.81. The molecule has 2 aromatic heterocycles. The van der Waals surface area contributed by atoms with Gasteiger partial charge in [0.15, 0.2) is 0 Å². The van der Waals surface area contributed by atoms with Crippen molar-refractivity contribution in [2.24, 2.45) is 0 Å². The van der Waals surface area contributed by atoms with E-state index >= 15 is 0 Å². The van der Waals surface area contributed by atoms with Crippen LogP contribution in [0, 0.1) is 6.92 Å². The summed E-state index contributed by atoms with van der Waals surface area (Å²) < 4.78 is 5.45. The third kappa shape index (κ3) is 2.90. The molecule has 0 aromatic carbocycles. The molecular formula is C13H13ClN2O2. The molecule has 0 aliphatic carbocycles. The number of carbonyl (C=O) groups is 1. The molecule has 18 heavy (non-hydrogen) atoms. The lowest BCUT2D eigenvalue weighted by Gasteiger charge is -2.11. The quantitative estimate of drug-likeness (QED) is 0.867. The molecule has 0 saturated heterocycles. The SMILES string of the molecule is Cc1ccc(C(C)NC(=O)c2ccnc(Cl)c2)o1. The summed E-state index contributed by atoms with van der Waals surface area (Å²) in [5.74, 6) is 1.33. The molecule has 0 fully saturated rings. The highest BCUT2D eigenvalue weighted by molar-refractivity contribution is 6.29. The van der Waals surface area contributed by atoms with Gasteiger partial charge < -0.3 is 9.73 Å². The topological polar surface area (TPSA) is 55.1 Å². The van der Waals surface area contributed by atoms with Crippen LogP contribution < -0.4 is 5.32 Å². The summed E-state index contributed by atoms with van der Waals surface area (Å²) in [6.07, 6.45) is 1.50. The average molecular weight is 265 g/mol. The minimum Gasteiger partial charge on any atom is -0.464 e. The molecule has 1 amide bonds. The maximum Gasteiger partial charge on any atom is 0.252 e. The van der Waals surface area contributed by atoms with Crippen LogP contribution in [0.2, 0.25) is 5.15 Å². The Balaban J connectivity index is 2.08. The molecule has 94 valence electrons. The van der Waals surface area contributed by atoms with Crippen molar-refractivity contribution in [3.8, 4) is 0 Å². The van der Waals surface area contributed by atoms with E-state index in [4.69, 9.17) is 16.0 Å². The van der Waals surface area contributed by atoms with Gasteiger partial charge in [-0.05, 0) is 38.1 Å². The van der Waals surface area contributed by atoms with Gasteiger partial charge in [0.2, 0.25) is 0 Å². The number of carbonyl (C=O) groups excluding carboxylic acids is 1. The number of rotatable bonds is 3. The fourth-order valence-electron chi connectivity index (χ4n) is 1.58. The van der Waals surface area contributed by atoms with Gasteiger partial charge in [0.25, 0.3) is 5.91 Å². The Bertz CT molecular complexity index is 566. The zero-order valence-electron chi connectivity index (χ0n) is 10.1. The number of halogens is 1. The van der Waals surface area contributed by atoms with Crippen LogP contribution in [-0.2, 0) is 0 Å². The lowest BCUT2D eigenvalue weighted by molar-refractivity contribution is 0.0935. The normalized spacial score (nSPS) is 12.2. The molecule has 4 nitrogen and oxygen atoms in total. The molecule has 0 saturated carbocycles. The Kier molecular flexibility index (Phi) is 3.67. The van der Waals surface area contributed by atoms with Crippen molar-refractivity contribution in [3.63, 3.8) is 0 Å². The van der Waals surface area contributed by atoms with Crippen molar-refractivity contribution < 1.29 is 9.21 Å². The largest absolute Gasteiger partial charge is 0.464 e. The fourth-order valence-corrected chi connectivity index (χ4v) is 1.75. The Morgan fingerprint density at radius 1 is 1.44 bits per heavy atom. The minimum atomic E-state index is -0.208. The lowest BCUT2D eigenvalue weighted by Crippen LogP contribution is -2.26. The van der Waals surface area contributed by atoms with Crippen molar-refractivity contribution in [1.29, 1.82) is 0 Å². The highest BCUT2D eigenvalue weighted by Gasteiger charge is 2.14. The maximum absolute atomic E-state index is 11.9. The van der Waals surface area contributed by atoms with Crippen LogP contribution in [-0.4, -0.2) is 10.9 Å². The summed E-state index contributed by atoms with van der Waals surface area (Å²) in [6.45, 7) is 3.72. The lowest BCUT2D eigenvalue weighted by atomic mass is 10.2. The molecule has 1 unspecified atom stereocenters. The van der Waals surface area contributed by atoms with Gasteiger partial charge in [-0.15, -0.1) is 0 Å². The molecule has 1 atom stereocenters.